The quantitative estimate of drug-likeness (QED) is 0.733. The van der Waals surface area contributed by atoms with Crippen LogP contribution in [0.3, 0.4) is 0 Å². The van der Waals surface area contributed by atoms with Gasteiger partial charge in [-0.05, 0) is 40.2 Å². The minimum atomic E-state index is -0.502. The highest BCUT2D eigenvalue weighted by Gasteiger charge is 2.10. The fourth-order valence-electron chi connectivity index (χ4n) is 1.77. The standard InChI is InChI=1S/C13H9BrFN3O/c14-8-5-13(11-3-4-17-18(11)7-8)19-12-2-1-9(16)6-10(12)15/h1-7H,16H2. The van der Waals surface area contributed by atoms with Gasteiger partial charge in [0.2, 0.25) is 0 Å². The number of nitrogens with zero attached hydrogens (tertiary/aromatic N) is 2. The molecule has 0 spiro atoms. The molecule has 0 fully saturated rings. The third-order valence-electron chi connectivity index (χ3n) is 2.61. The first-order valence-corrected chi connectivity index (χ1v) is 6.28. The minimum absolute atomic E-state index is 0.121. The summed E-state index contributed by atoms with van der Waals surface area (Å²) < 4.78 is 21.8. The summed E-state index contributed by atoms with van der Waals surface area (Å²) in [5.41, 5.74) is 6.61. The van der Waals surface area contributed by atoms with Crippen molar-refractivity contribution >= 4 is 27.1 Å². The van der Waals surface area contributed by atoms with Gasteiger partial charge in [0, 0.05) is 22.4 Å². The molecule has 0 amide bonds. The molecule has 6 heteroatoms. The van der Waals surface area contributed by atoms with Gasteiger partial charge in [0.25, 0.3) is 0 Å². The van der Waals surface area contributed by atoms with E-state index >= 15 is 0 Å². The highest BCUT2D eigenvalue weighted by molar-refractivity contribution is 9.10. The number of pyridine rings is 1. The predicted molar refractivity (Wildman–Crippen MR) is 73.8 cm³/mol. The first kappa shape index (κ1) is 12.0. The second-order valence-electron chi connectivity index (χ2n) is 3.98. The van der Waals surface area contributed by atoms with Crippen LogP contribution >= 0.6 is 15.9 Å². The fraction of sp³-hybridized carbons (Fsp3) is 0. The number of fused-ring (bicyclic) bond motifs is 1. The lowest BCUT2D eigenvalue weighted by Crippen LogP contribution is -1.94. The molecule has 2 aromatic heterocycles. The summed E-state index contributed by atoms with van der Waals surface area (Å²) >= 11 is 3.36. The Labute approximate surface area is 116 Å². The van der Waals surface area contributed by atoms with E-state index in [2.05, 4.69) is 21.0 Å². The maximum absolute atomic E-state index is 13.7. The molecular weight excluding hydrogens is 313 g/mol. The van der Waals surface area contributed by atoms with Crippen molar-refractivity contribution in [1.29, 1.82) is 0 Å². The Morgan fingerprint density at radius 1 is 1.21 bits per heavy atom. The van der Waals surface area contributed by atoms with Gasteiger partial charge in [0.15, 0.2) is 17.3 Å². The molecule has 3 aromatic rings. The van der Waals surface area contributed by atoms with Crippen LogP contribution in [-0.2, 0) is 0 Å². The third-order valence-corrected chi connectivity index (χ3v) is 3.05. The molecular formula is C13H9BrFN3O. The SMILES string of the molecule is Nc1ccc(Oc2cc(Br)cn3nccc23)c(F)c1. The number of halogens is 2. The van der Waals surface area contributed by atoms with Crippen LogP contribution in [0.25, 0.3) is 5.52 Å². The maximum atomic E-state index is 13.7. The van der Waals surface area contributed by atoms with Gasteiger partial charge in [-0.2, -0.15) is 5.10 Å². The van der Waals surface area contributed by atoms with Crippen molar-refractivity contribution in [1.82, 2.24) is 9.61 Å². The molecule has 19 heavy (non-hydrogen) atoms. The van der Waals surface area contributed by atoms with Gasteiger partial charge in [0.1, 0.15) is 5.52 Å². The van der Waals surface area contributed by atoms with Crippen molar-refractivity contribution in [3.63, 3.8) is 0 Å². The Balaban J connectivity index is 2.07. The number of ether oxygens (including phenoxy) is 1. The van der Waals surface area contributed by atoms with Gasteiger partial charge in [-0.15, -0.1) is 0 Å². The number of nitrogens with two attached hydrogens (primary N) is 1. The summed E-state index contributed by atoms with van der Waals surface area (Å²) in [5.74, 6) is 0.128. The normalized spacial score (nSPS) is 10.8. The van der Waals surface area contributed by atoms with Gasteiger partial charge in [0.05, 0.1) is 6.20 Å². The molecule has 1 aromatic carbocycles. The highest BCUT2D eigenvalue weighted by Crippen LogP contribution is 2.31. The second-order valence-corrected chi connectivity index (χ2v) is 4.89. The molecule has 2 heterocycles. The molecule has 0 aliphatic heterocycles. The van der Waals surface area contributed by atoms with E-state index in [0.29, 0.717) is 11.4 Å². The zero-order chi connectivity index (χ0) is 13.4. The predicted octanol–water partition coefficient (Wildman–Crippen LogP) is 3.61. The largest absolute Gasteiger partial charge is 0.452 e. The van der Waals surface area contributed by atoms with Crippen LogP contribution in [0.2, 0.25) is 0 Å². The molecule has 0 unspecified atom stereocenters. The number of rotatable bonds is 2. The van der Waals surface area contributed by atoms with E-state index in [0.717, 1.165) is 9.99 Å². The summed E-state index contributed by atoms with van der Waals surface area (Å²) in [6.45, 7) is 0. The van der Waals surface area contributed by atoms with E-state index in [9.17, 15) is 4.39 Å². The number of hydrogen-bond acceptors (Lipinski definition) is 3. The molecule has 4 nitrogen and oxygen atoms in total. The van der Waals surface area contributed by atoms with E-state index in [4.69, 9.17) is 10.5 Å². The van der Waals surface area contributed by atoms with Crippen LogP contribution < -0.4 is 10.5 Å². The van der Waals surface area contributed by atoms with Crippen molar-refractivity contribution in [2.45, 2.75) is 0 Å². The molecule has 0 saturated heterocycles. The highest BCUT2D eigenvalue weighted by atomic mass is 79.9. The smallest absolute Gasteiger partial charge is 0.167 e. The number of nitrogen functional groups attached to an aromatic ring is 1. The minimum Gasteiger partial charge on any atom is -0.452 e. The Bertz CT molecular complexity index is 757. The monoisotopic (exact) mass is 321 g/mol. The molecule has 0 aliphatic carbocycles. The molecule has 0 bridgehead atoms. The Morgan fingerprint density at radius 3 is 2.84 bits per heavy atom. The van der Waals surface area contributed by atoms with Gasteiger partial charge in [-0.1, -0.05) is 0 Å². The van der Waals surface area contributed by atoms with Crippen molar-refractivity contribution in [2.75, 3.05) is 5.73 Å². The molecule has 0 radical (unpaired) electrons. The Hall–Kier alpha value is -2.08. The zero-order valence-electron chi connectivity index (χ0n) is 9.68. The molecule has 2 N–H and O–H groups in total. The van der Waals surface area contributed by atoms with Crippen LogP contribution in [0, 0.1) is 5.82 Å². The lowest BCUT2D eigenvalue weighted by molar-refractivity contribution is 0.444. The summed E-state index contributed by atoms with van der Waals surface area (Å²) in [4.78, 5) is 0. The average molecular weight is 322 g/mol. The molecule has 3 rings (SSSR count). The average Bonchev–Trinajstić information content (AvgIpc) is 2.80. The van der Waals surface area contributed by atoms with Crippen molar-refractivity contribution < 1.29 is 9.13 Å². The second kappa shape index (κ2) is 4.55. The van der Waals surface area contributed by atoms with E-state index in [1.807, 2.05) is 0 Å². The van der Waals surface area contributed by atoms with Gasteiger partial charge >= 0.3 is 0 Å². The van der Waals surface area contributed by atoms with E-state index < -0.39 is 5.82 Å². The lowest BCUT2D eigenvalue weighted by Gasteiger charge is -2.09. The van der Waals surface area contributed by atoms with Gasteiger partial charge < -0.3 is 10.5 Å². The molecule has 0 saturated carbocycles. The van der Waals surface area contributed by atoms with Crippen LogP contribution in [0.4, 0.5) is 10.1 Å². The third kappa shape index (κ3) is 2.26. The number of hydrogen-bond donors (Lipinski definition) is 1. The fourth-order valence-corrected chi connectivity index (χ4v) is 2.17. The lowest BCUT2D eigenvalue weighted by atomic mass is 10.3. The van der Waals surface area contributed by atoms with E-state index in [-0.39, 0.29) is 5.75 Å². The van der Waals surface area contributed by atoms with Crippen LogP contribution in [-0.4, -0.2) is 9.61 Å². The summed E-state index contributed by atoms with van der Waals surface area (Å²) in [7, 11) is 0. The van der Waals surface area contributed by atoms with Crippen molar-refractivity contribution in [3.05, 3.63) is 53.0 Å². The first-order valence-electron chi connectivity index (χ1n) is 5.49. The van der Waals surface area contributed by atoms with Crippen molar-refractivity contribution in [3.8, 4) is 11.5 Å². The summed E-state index contributed by atoms with van der Waals surface area (Å²) in [5, 5.41) is 4.11. The number of benzene rings is 1. The topological polar surface area (TPSA) is 52.5 Å². The molecule has 0 atom stereocenters. The van der Waals surface area contributed by atoms with Crippen LogP contribution in [0.15, 0.2) is 47.2 Å². The summed E-state index contributed by atoms with van der Waals surface area (Å²) in [6.07, 6.45) is 3.44. The maximum Gasteiger partial charge on any atom is 0.167 e. The first-order chi connectivity index (χ1) is 9.13. The number of aromatic nitrogens is 2. The van der Waals surface area contributed by atoms with Gasteiger partial charge in [-0.25, -0.2) is 8.91 Å². The van der Waals surface area contributed by atoms with Crippen LogP contribution in [0.1, 0.15) is 0 Å². The van der Waals surface area contributed by atoms with Crippen LogP contribution in [0.5, 0.6) is 11.5 Å². The molecule has 0 aliphatic rings. The Kier molecular flexibility index (Phi) is 2.87. The van der Waals surface area contributed by atoms with Gasteiger partial charge in [-0.3, -0.25) is 0 Å². The zero-order valence-corrected chi connectivity index (χ0v) is 11.3. The van der Waals surface area contributed by atoms with Crippen molar-refractivity contribution in [2.24, 2.45) is 0 Å². The molecule has 96 valence electrons. The Morgan fingerprint density at radius 2 is 2.05 bits per heavy atom. The van der Waals surface area contributed by atoms with E-state index in [1.54, 1.807) is 35.1 Å². The van der Waals surface area contributed by atoms with E-state index in [1.165, 1.54) is 12.1 Å². The summed E-state index contributed by atoms with van der Waals surface area (Å²) in [6, 6.07) is 7.85. The number of anilines is 1.